The highest BCUT2D eigenvalue weighted by Gasteiger charge is 2.45. The molecule has 0 unspecified atom stereocenters. The van der Waals surface area contributed by atoms with Crippen molar-refractivity contribution in [2.75, 3.05) is 33.3 Å². The first-order valence-electron chi connectivity index (χ1n) is 10.6. The van der Waals surface area contributed by atoms with Crippen molar-refractivity contribution in [3.63, 3.8) is 0 Å². The highest BCUT2D eigenvalue weighted by Crippen LogP contribution is 2.39. The number of aryl methyl sites for hydroxylation is 1. The van der Waals surface area contributed by atoms with Crippen LogP contribution in [-0.2, 0) is 9.59 Å². The molecule has 164 valence electrons. The van der Waals surface area contributed by atoms with E-state index in [2.05, 4.69) is 18.7 Å². The molecule has 1 saturated heterocycles. The van der Waals surface area contributed by atoms with Crippen LogP contribution in [0, 0.1) is 6.92 Å². The van der Waals surface area contributed by atoms with Crippen molar-refractivity contribution >= 4 is 17.4 Å². The number of ether oxygens (including phenoxy) is 1. The number of aliphatic hydroxyl groups excluding tert-OH is 1. The Morgan fingerprint density at radius 1 is 1.10 bits per heavy atom. The molecule has 2 aromatic carbocycles. The molecule has 6 nitrogen and oxygen atoms in total. The minimum absolute atomic E-state index is 0.125. The number of hydrogen-bond donors (Lipinski definition) is 1. The summed E-state index contributed by atoms with van der Waals surface area (Å²) in [6, 6.07) is 14.0. The molecule has 1 aliphatic heterocycles. The van der Waals surface area contributed by atoms with Crippen molar-refractivity contribution in [3.05, 3.63) is 70.8 Å². The van der Waals surface area contributed by atoms with Crippen molar-refractivity contribution in [1.82, 2.24) is 9.80 Å². The van der Waals surface area contributed by atoms with Gasteiger partial charge in [-0.15, -0.1) is 0 Å². The Kier molecular flexibility index (Phi) is 7.13. The van der Waals surface area contributed by atoms with Crippen LogP contribution in [0.5, 0.6) is 5.75 Å². The molecule has 2 aromatic rings. The minimum Gasteiger partial charge on any atom is -0.507 e. The Morgan fingerprint density at radius 3 is 2.35 bits per heavy atom. The fourth-order valence-corrected chi connectivity index (χ4v) is 4.06. The lowest BCUT2D eigenvalue weighted by Gasteiger charge is -2.28. The number of nitrogens with zero attached hydrogens (tertiary/aromatic N) is 2. The quantitative estimate of drug-likeness (QED) is 0.398. The van der Waals surface area contributed by atoms with Crippen molar-refractivity contribution in [3.8, 4) is 5.75 Å². The third kappa shape index (κ3) is 4.49. The summed E-state index contributed by atoms with van der Waals surface area (Å²) in [7, 11) is 1.58. The van der Waals surface area contributed by atoms with E-state index in [0.29, 0.717) is 24.4 Å². The molecule has 0 bridgehead atoms. The van der Waals surface area contributed by atoms with Gasteiger partial charge in [0.2, 0.25) is 0 Å². The van der Waals surface area contributed by atoms with E-state index < -0.39 is 17.7 Å². The van der Waals surface area contributed by atoms with E-state index in [1.807, 2.05) is 37.3 Å². The van der Waals surface area contributed by atoms with Crippen LogP contribution >= 0.6 is 0 Å². The number of benzene rings is 2. The molecule has 1 atom stereocenters. The summed E-state index contributed by atoms with van der Waals surface area (Å²) in [5.74, 6) is -0.703. The largest absolute Gasteiger partial charge is 0.507 e. The van der Waals surface area contributed by atoms with Crippen LogP contribution < -0.4 is 4.74 Å². The Labute approximate surface area is 183 Å². The van der Waals surface area contributed by atoms with Gasteiger partial charge in [0.1, 0.15) is 11.5 Å². The number of hydrogen-bond acceptors (Lipinski definition) is 5. The standard InChI is InChI=1S/C25H30N2O4/c1-5-26(6-2)14-15-27-22(18-10-8-7-9-11-18)21(24(29)25(27)30)23(28)19-12-13-20(31-4)17(3)16-19/h7-13,16,22,28H,5-6,14-15H2,1-4H3/b23-21+/t22-/m0/s1. The lowest BCUT2D eigenvalue weighted by molar-refractivity contribution is -0.140. The maximum atomic E-state index is 13.1. The number of Topliss-reactive ketones (excluding diaryl/α,β-unsaturated/α-hetero) is 1. The molecular weight excluding hydrogens is 392 g/mol. The van der Waals surface area contributed by atoms with Crippen LogP contribution in [0.4, 0.5) is 0 Å². The van der Waals surface area contributed by atoms with Gasteiger partial charge in [-0.25, -0.2) is 0 Å². The fraction of sp³-hybridized carbons (Fsp3) is 0.360. The highest BCUT2D eigenvalue weighted by atomic mass is 16.5. The SMILES string of the molecule is CCN(CC)CCN1C(=O)C(=O)/C(=C(/O)c2ccc(OC)c(C)c2)[C@@H]1c1ccccc1. The van der Waals surface area contributed by atoms with E-state index in [4.69, 9.17) is 4.74 Å². The maximum Gasteiger partial charge on any atom is 0.295 e. The number of aliphatic hydroxyl groups is 1. The van der Waals surface area contributed by atoms with Gasteiger partial charge < -0.3 is 19.6 Å². The first-order chi connectivity index (χ1) is 14.9. The normalized spacial score (nSPS) is 18.1. The monoisotopic (exact) mass is 422 g/mol. The van der Waals surface area contributed by atoms with Crippen LogP contribution in [-0.4, -0.2) is 59.9 Å². The predicted molar refractivity (Wildman–Crippen MR) is 121 cm³/mol. The summed E-state index contributed by atoms with van der Waals surface area (Å²) in [5, 5.41) is 11.1. The van der Waals surface area contributed by atoms with Crippen LogP contribution in [0.15, 0.2) is 54.1 Å². The second-order valence-electron chi connectivity index (χ2n) is 7.61. The Balaban J connectivity index is 2.08. The number of carbonyl (C=O) groups is 2. The molecule has 0 saturated carbocycles. The topological polar surface area (TPSA) is 70.1 Å². The molecule has 1 amide bonds. The summed E-state index contributed by atoms with van der Waals surface area (Å²) in [6.45, 7) is 8.79. The molecule has 0 aliphatic carbocycles. The lowest BCUT2D eigenvalue weighted by Crippen LogP contribution is -2.38. The van der Waals surface area contributed by atoms with Crippen LogP contribution in [0.3, 0.4) is 0 Å². The molecule has 1 fully saturated rings. The Morgan fingerprint density at radius 2 is 1.77 bits per heavy atom. The van der Waals surface area contributed by atoms with E-state index in [-0.39, 0.29) is 11.3 Å². The molecular formula is C25H30N2O4. The molecule has 1 aliphatic rings. The molecule has 1 heterocycles. The van der Waals surface area contributed by atoms with E-state index in [0.717, 1.165) is 24.2 Å². The molecule has 0 radical (unpaired) electrons. The molecule has 3 rings (SSSR count). The first kappa shape index (κ1) is 22.6. The van der Waals surface area contributed by atoms with Gasteiger partial charge in [0, 0.05) is 18.7 Å². The predicted octanol–water partition coefficient (Wildman–Crippen LogP) is 3.77. The molecule has 31 heavy (non-hydrogen) atoms. The van der Waals surface area contributed by atoms with E-state index in [9.17, 15) is 14.7 Å². The molecule has 1 N–H and O–H groups in total. The van der Waals surface area contributed by atoms with Gasteiger partial charge in [0.25, 0.3) is 11.7 Å². The van der Waals surface area contributed by atoms with Crippen molar-refractivity contribution in [2.24, 2.45) is 0 Å². The van der Waals surface area contributed by atoms with Crippen LogP contribution in [0.2, 0.25) is 0 Å². The van der Waals surface area contributed by atoms with Gasteiger partial charge in [0.05, 0.1) is 18.7 Å². The zero-order valence-electron chi connectivity index (χ0n) is 18.6. The number of ketones is 1. The van der Waals surface area contributed by atoms with Crippen molar-refractivity contribution in [2.45, 2.75) is 26.8 Å². The average Bonchev–Trinajstić information content (AvgIpc) is 3.04. The zero-order chi connectivity index (χ0) is 22.5. The Bertz CT molecular complexity index is 980. The average molecular weight is 423 g/mol. The summed E-state index contributed by atoms with van der Waals surface area (Å²) in [5.41, 5.74) is 2.24. The number of amides is 1. The third-order valence-electron chi connectivity index (χ3n) is 5.88. The summed E-state index contributed by atoms with van der Waals surface area (Å²) in [4.78, 5) is 29.8. The smallest absolute Gasteiger partial charge is 0.295 e. The first-order valence-corrected chi connectivity index (χ1v) is 10.6. The van der Waals surface area contributed by atoms with Gasteiger partial charge in [-0.05, 0) is 49.3 Å². The van der Waals surface area contributed by atoms with Crippen LogP contribution in [0.25, 0.3) is 5.76 Å². The highest BCUT2D eigenvalue weighted by molar-refractivity contribution is 6.46. The van der Waals surface area contributed by atoms with Crippen LogP contribution in [0.1, 0.15) is 36.6 Å². The lowest BCUT2D eigenvalue weighted by atomic mass is 9.95. The fourth-order valence-electron chi connectivity index (χ4n) is 4.06. The van der Waals surface area contributed by atoms with Gasteiger partial charge >= 0.3 is 0 Å². The van der Waals surface area contributed by atoms with Gasteiger partial charge in [-0.3, -0.25) is 9.59 Å². The number of likely N-dealkylation sites (tertiary alicyclic amines) is 1. The molecule has 0 aromatic heterocycles. The van der Waals surface area contributed by atoms with E-state index >= 15 is 0 Å². The van der Waals surface area contributed by atoms with E-state index in [1.165, 1.54) is 0 Å². The summed E-state index contributed by atoms with van der Waals surface area (Å²) < 4.78 is 5.29. The zero-order valence-corrected chi connectivity index (χ0v) is 18.6. The molecule has 0 spiro atoms. The summed E-state index contributed by atoms with van der Waals surface area (Å²) in [6.07, 6.45) is 0. The second kappa shape index (κ2) is 9.79. The van der Waals surface area contributed by atoms with E-state index in [1.54, 1.807) is 30.2 Å². The minimum atomic E-state index is -0.653. The van der Waals surface area contributed by atoms with Gasteiger partial charge in [0.15, 0.2) is 0 Å². The number of carbonyl (C=O) groups excluding carboxylic acids is 2. The third-order valence-corrected chi connectivity index (χ3v) is 5.88. The number of rotatable bonds is 8. The number of likely N-dealkylation sites (N-methyl/N-ethyl adjacent to an activating group) is 1. The Hall–Kier alpha value is -3.12. The van der Waals surface area contributed by atoms with Crippen molar-refractivity contribution in [1.29, 1.82) is 0 Å². The van der Waals surface area contributed by atoms with Gasteiger partial charge in [-0.2, -0.15) is 0 Å². The van der Waals surface area contributed by atoms with Crippen molar-refractivity contribution < 1.29 is 19.4 Å². The molecule has 6 heteroatoms. The summed E-state index contributed by atoms with van der Waals surface area (Å²) >= 11 is 0. The second-order valence-corrected chi connectivity index (χ2v) is 7.61. The maximum absolute atomic E-state index is 13.1. The van der Waals surface area contributed by atoms with Gasteiger partial charge in [-0.1, -0.05) is 44.2 Å². The number of methoxy groups -OCH3 is 1.